The quantitative estimate of drug-likeness (QED) is 0.719. The summed E-state index contributed by atoms with van der Waals surface area (Å²) in [6, 6.07) is 8.02. The number of pyridine rings is 1. The predicted molar refractivity (Wildman–Crippen MR) is 106 cm³/mol. The van der Waals surface area contributed by atoms with Gasteiger partial charge in [-0.05, 0) is 43.5 Å². The van der Waals surface area contributed by atoms with Gasteiger partial charge >= 0.3 is 0 Å². The van der Waals surface area contributed by atoms with Crippen molar-refractivity contribution in [2.75, 3.05) is 6.61 Å². The van der Waals surface area contributed by atoms with E-state index in [4.69, 9.17) is 39.5 Å². The maximum atomic E-state index is 12.4. The first-order valence-electron chi connectivity index (χ1n) is 8.61. The monoisotopic (exact) mass is 439 g/mol. The molecule has 0 saturated heterocycles. The van der Waals surface area contributed by atoms with Crippen LogP contribution in [0.5, 0.6) is 5.88 Å². The van der Waals surface area contributed by atoms with Gasteiger partial charge in [-0.2, -0.15) is 0 Å². The van der Waals surface area contributed by atoms with Crippen molar-refractivity contribution in [3.63, 3.8) is 0 Å². The molecule has 28 heavy (non-hydrogen) atoms. The van der Waals surface area contributed by atoms with Crippen molar-refractivity contribution in [3.8, 4) is 5.88 Å². The second-order valence-corrected chi connectivity index (χ2v) is 8.58. The molecule has 2 aromatic rings. The fourth-order valence-corrected chi connectivity index (χ4v) is 4.33. The largest absolute Gasteiger partial charge is 0.468 e. The molecule has 3 aliphatic carbocycles. The molecular weight excluding hydrogens is 425 g/mol. The minimum absolute atomic E-state index is 0.126. The van der Waals surface area contributed by atoms with Crippen LogP contribution in [0.3, 0.4) is 0 Å². The Balaban J connectivity index is 1.24. The van der Waals surface area contributed by atoms with Gasteiger partial charge in [-0.1, -0.05) is 34.8 Å². The van der Waals surface area contributed by atoms with Crippen LogP contribution >= 0.6 is 34.8 Å². The van der Waals surface area contributed by atoms with Crippen LogP contribution in [0.15, 0.2) is 36.5 Å². The SMILES string of the molecule is O=C(COc1ccc(Cl)cn1)NC12CC(NC(=O)c3ccc(Cl)c(Cl)c3)(C1)C2. The van der Waals surface area contributed by atoms with Gasteiger partial charge in [-0.3, -0.25) is 9.59 Å². The summed E-state index contributed by atoms with van der Waals surface area (Å²) in [5.74, 6) is -0.0845. The average Bonchev–Trinajstić information content (AvgIpc) is 2.60. The summed E-state index contributed by atoms with van der Waals surface area (Å²) in [6.07, 6.45) is 3.53. The van der Waals surface area contributed by atoms with E-state index in [1.54, 1.807) is 30.3 Å². The van der Waals surface area contributed by atoms with Crippen LogP contribution in [0.2, 0.25) is 15.1 Å². The first-order chi connectivity index (χ1) is 13.3. The molecule has 1 aromatic carbocycles. The number of ether oxygens (including phenoxy) is 1. The Bertz CT molecular complexity index is 929. The molecule has 0 radical (unpaired) electrons. The highest BCUT2D eigenvalue weighted by Crippen LogP contribution is 2.60. The lowest BCUT2D eigenvalue weighted by Gasteiger charge is -2.70. The number of hydrogen-bond donors (Lipinski definition) is 2. The van der Waals surface area contributed by atoms with Gasteiger partial charge in [0.05, 0.1) is 15.1 Å². The fraction of sp³-hybridized carbons (Fsp3) is 0.316. The average molecular weight is 441 g/mol. The molecule has 2 bridgehead atoms. The number of benzene rings is 1. The van der Waals surface area contributed by atoms with Gasteiger partial charge in [0.25, 0.3) is 11.8 Å². The lowest BCUT2D eigenvalue weighted by atomic mass is 9.44. The molecule has 3 aliphatic rings. The first-order valence-corrected chi connectivity index (χ1v) is 9.75. The third-order valence-electron chi connectivity index (χ3n) is 5.05. The summed E-state index contributed by atoms with van der Waals surface area (Å²) in [4.78, 5) is 28.5. The molecule has 146 valence electrons. The Morgan fingerprint density at radius 3 is 2.36 bits per heavy atom. The van der Waals surface area contributed by atoms with E-state index in [0.29, 0.717) is 45.8 Å². The van der Waals surface area contributed by atoms with Gasteiger partial charge in [0.1, 0.15) is 0 Å². The Labute approximate surface area is 176 Å². The zero-order valence-electron chi connectivity index (χ0n) is 14.6. The third-order valence-corrected chi connectivity index (χ3v) is 6.01. The fourth-order valence-electron chi connectivity index (χ4n) is 3.92. The number of nitrogens with zero attached hydrogens (tertiary/aromatic N) is 1. The standard InChI is InChI=1S/C19H16Cl3N3O3/c20-12-2-4-16(23-6-12)28-7-15(26)24-18-8-19(9-18,10-18)25-17(27)11-1-3-13(21)14(22)5-11/h1-6H,7-10H2,(H,24,26)(H,25,27). The molecule has 3 saturated carbocycles. The van der Waals surface area contributed by atoms with Crippen LogP contribution in [0.25, 0.3) is 0 Å². The Kier molecular flexibility index (Phi) is 4.89. The topological polar surface area (TPSA) is 80.3 Å². The van der Waals surface area contributed by atoms with Crippen molar-refractivity contribution < 1.29 is 14.3 Å². The number of hydrogen-bond acceptors (Lipinski definition) is 4. The number of rotatable bonds is 6. The first kappa shape index (κ1) is 19.3. The molecule has 6 nitrogen and oxygen atoms in total. The molecule has 1 heterocycles. The van der Waals surface area contributed by atoms with Crippen LogP contribution in [0.1, 0.15) is 29.6 Å². The molecule has 1 aromatic heterocycles. The summed E-state index contributed by atoms with van der Waals surface area (Å²) >= 11 is 17.6. The second kappa shape index (κ2) is 7.10. The molecule has 2 amide bonds. The molecule has 0 unspecified atom stereocenters. The molecule has 2 N–H and O–H groups in total. The minimum atomic E-state index is -0.269. The number of carbonyl (C=O) groups is 2. The maximum Gasteiger partial charge on any atom is 0.258 e. The van der Waals surface area contributed by atoms with Crippen molar-refractivity contribution >= 4 is 46.6 Å². The predicted octanol–water partition coefficient (Wildman–Crippen LogP) is 3.64. The van der Waals surface area contributed by atoms with Crippen molar-refractivity contribution in [1.82, 2.24) is 15.6 Å². The third kappa shape index (κ3) is 3.77. The maximum absolute atomic E-state index is 12.4. The van der Waals surface area contributed by atoms with Gasteiger partial charge in [-0.15, -0.1) is 0 Å². The highest BCUT2D eigenvalue weighted by molar-refractivity contribution is 6.42. The van der Waals surface area contributed by atoms with E-state index in [2.05, 4.69) is 15.6 Å². The van der Waals surface area contributed by atoms with E-state index in [1.165, 1.54) is 6.20 Å². The summed E-state index contributed by atoms with van der Waals surface area (Å²) in [5, 5.41) is 7.27. The summed E-state index contributed by atoms with van der Waals surface area (Å²) in [6.45, 7) is -0.126. The number of carbonyl (C=O) groups excluding carboxylic acids is 2. The lowest BCUT2D eigenvalue weighted by Crippen LogP contribution is -2.84. The van der Waals surface area contributed by atoms with Crippen molar-refractivity contribution in [3.05, 3.63) is 57.2 Å². The molecule has 5 rings (SSSR count). The summed E-state index contributed by atoms with van der Waals surface area (Å²) in [7, 11) is 0. The molecule has 0 spiro atoms. The molecule has 9 heteroatoms. The van der Waals surface area contributed by atoms with Crippen LogP contribution in [-0.4, -0.2) is 34.5 Å². The van der Waals surface area contributed by atoms with Crippen molar-refractivity contribution in [1.29, 1.82) is 0 Å². The van der Waals surface area contributed by atoms with E-state index in [-0.39, 0.29) is 29.5 Å². The van der Waals surface area contributed by atoms with Gasteiger partial charge in [-0.25, -0.2) is 4.98 Å². The number of aromatic nitrogens is 1. The van der Waals surface area contributed by atoms with Gasteiger partial charge in [0, 0.05) is 28.9 Å². The lowest BCUT2D eigenvalue weighted by molar-refractivity contribution is -0.141. The van der Waals surface area contributed by atoms with Crippen LogP contribution in [0, 0.1) is 0 Å². The van der Waals surface area contributed by atoms with Crippen LogP contribution in [-0.2, 0) is 4.79 Å². The van der Waals surface area contributed by atoms with E-state index < -0.39 is 0 Å². The second-order valence-electron chi connectivity index (χ2n) is 7.33. The minimum Gasteiger partial charge on any atom is -0.468 e. The summed E-state index contributed by atoms with van der Waals surface area (Å²) in [5.41, 5.74) is -0.0745. The van der Waals surface area contributed by atoms with Gasteiger partial charge in [0.15, 0.2) is 6.61 Å². The Hall–Kier alpha value is -2.02. The highest BCUT2D eigenvalue weighted by atomic mass is 35.5. The Morgan fingerprint density at radius 2 is 1.71 bits per heavy atom. The highest BCUT2D eigenvalue weighted by Gasteiger charge is 2.69. The number of nitrogens with one attached hydrogen (secondary N) is 2. The number of halogens is 3. The van der Waals surface area contributed by atoms with Crippen LogP contribution in [0.4, 0.5) is 0 Å². The summed E-state index contributed by atoms with van der Waals surface area (Å²) < 4.78 is 5.35. The van der Waals surface area contributed by atoms with Gasteiger partial charge in [0.2, 0.25) is 5.88 Å². The zero-order chi connectivity index (χ0) is 19.9. The van der Waals surface area contributed by atoms with Crippen LogP contribution < -0.4 is 15.4 Å². The molecule has 3 fully saturated rings. The smallest absolute Gasteiger partial charge is 0.258 e. The van der Waals surface area contributed by atoms with E-state index in [0.717, 1.165) is 0 Å². The van der Waals surface area contributed by atoms with E-state index in [9.17, 15) is 9.59 Å². The van der Waals surface area contributed by atoms with E-state index >= 15 is 0 Å². The Morgan fingerprint density at radius 1 is 1.00 bits per heavy atom. The number of amides is 2. The molecular formula is C19H16Cl3N3O3. The van der Waals surface area contributed by atoms with Gasteiger partial charge < -0.3 is 15.4 Å². The molecule has 0 atom stereocenters. The van der Waals surface area contributed by atoms with Crippen molar-refractivity contribution in [2.45, 2.75) is 30.3 Å². The normalized spacial score (nSPS) is 24.5. The zero-order valence-corrected chi connectivity index (χ0v) is 16.9. The van der Waals surface area contributed by atoms with Crippen molar-refractivity contribution in [2.24, 2.45) is 0 Å². The molecule has 0 aliphatic heterocycles. The van der Waals surface area contributed by atoms with E-state index in [1.807, 2.05) is 0 Å².